The first-order chi connectivity index (χ1) is 10.2. The first kappa shape index (κ1) is 16.9. The van der Waals surface area contributed by atoms with Crippen LogP contribution in [0.15, 0.2) is 10.7 Å². The smallest absolute Gasteiger partial charge is 0.0910 e. The van der Waals surface area contributed by atoms with Crippen LogP contribution in [0.25, 0.3) is 0 Å². The monoisotopic (exact) mass is 360 g/mol. The molecule has 1 fully saturated rings. The van der Waals surface area contributed by atoms with Gasteiger partial charge in [0.25, 0.3) is 0 Å². The maximum absolute atomic E-state index is 6.46. The summed E-state index contributed by atoms with van der Waals surface area (Å²) in [5, 5.41) is 4.37. The molecule has 7 heteroatoms. The molecular formula is C14H25BrN4O2. The van der Waals surface area contributed by atoms with Crippen LogP contribution < -0.4 is 5.73 Å². The molecule has 2 unspecified atom stereocenters. The van der Waals surface area contributed by atoms with E-state index in [0.29, 0.717) is 13.2 Å². The number of nitrogens with two attached hydrogens (primary N) is 1. The summed E-state index contributed by atoms with van der Waals surface area (Å²) in [6.07, 6.45) is 2.94. The number of ether oxygens (including phenoxy) is 2. The second kappa shape index (κ2) is 8.24. The Hall–Kier alpha value is -0.470. The molecule has 0 aromatic carbocycles. The van der Waals surface area contributed by atoms with Gasteiger partial charge in [-0.15, -0.1) is 0 Å². The molecule has 1 aromatic heterocycles. The van der Waals surface area contributed by atoms with Crippen molar-refractivity contribution in [2.45, 2.75) is 32.0 Å². The van der Waals surface area contributed by atoms with Gasteiger partial charge in [-0.3, -0.25) is 9.58 Å². The summed E-state index contributed by atoms with van der Waals surface area (Å²) in [6, 6.07) is -0.196. The maximum Gasteiger partial charge on any atom is 0.0910 e. The molecule has 2 heterocycles. The quantitative estimate of drug-likeness (QED) is 0.796. The van der Waals surface area contributed by atoms with Gasteiger partial charge in [-0.25, -0.2) is 0 Å². The Morgan fingerprint density at radius 2 is 2.38 bits per heavy atom. The predicted octanol–water partition coefficient (Wildman–Crippen LogP) is 1.40. The number of hydrogen-bond donors (Lipinski definition) is 1. The van der Waals surface area contributed by atoms with Gasteiger partial charge in [-0.05, 0) is 28.9 Å². The number of methoxy groups -OCH3 is 1. The normalized spacial score (nSPS) is 21.6. The number of rotatable bonds is 7. The summed E-state index contributed by atoms with van der Waals surface area (Å²) < 4.78 is 13.9. The zero-order valence-electron chi connectivity index (χ0n) is 12.8. The van der Waals surface area contributed by atoms with Gasteiger partial charge < -0.3 is 15.2 Å². The van der Waals surface area contributed by atoms with Crippen LogP contribution in [0.5, 0.6) is 0 Å². The van der Waals surface area contributed by atoms with Gasteiger partial charge in [0.15, 0.2) is 0 Å². The van der Waals surface area contributed by atoms with Crippen LogP contribution in [-0.4, -0.2) is 60.7 Å². The Morgan fingerprint density at radius 1 is 1.57 bits per heavy atom. The summed E-state index contributed by atoms with van der Waals surface area (Å²) in [5.74, 6) is 0. The molecule has 2 atom stereocenters. The standard InChI is InChI=1S/C14H25BrN4O2/c1-3-4-18-5-8-21-12(10-18)13(16)14-11(15)9-17-19(14)6-7-20-2/h9,12-13H,3-8,10,16H2,1-2H3. The summed E-state index contributed by atoms with van der Waals surface area (Å²) in [6.45, 7) is 7.19. The molecule has 2 rings (SSSR count). The second-order valence-electron chi connectivity index (χ2n) is 5.33. The molecular weight excluding hydrogens is 336 g/mol. The minimum atomic E-state index is -0.196. The number of nitrogens with zero attached hydrogens (tertiary/aromatic N) is 3. The van der Waals surface area contributed by atoms with Gasteiger partial charge in [-0.1, -0.05) is 6.92 Å². The van der Waals surface area contributed by atoms with Gasteiger partial charge in [0.2, 0.25) is 0 Å². The molecule has 2 N–H and O–H groups in total. The van der Waals surface area contributed by atoms with Crippen molar-refractivity contribution in [3.63, 3.8) is 0 Å². The van der Waals surface area contributed by atoms with Crippen molar-refractivity contribution in [1.29, 1.82) is 0 Å². The van der Waals surface area contributed by atoms with Gasteiger partial charge >= 0.3 is 0 Å². The molecule has 0 amide bonds. The lowest BCUT2D eigenvalue weighted by Crippen LogP contribution is -2.47. The third-order valence-electron chi connectivity index (χ3n) is 3.77. The zero-order valence-corrected chi connectivity index (χ0v) is 14.4. The molecule has 0 saturated carbocycles. The van der Waals surface area contributed by atoms with Gasteiger partial charge in [0, 0.05) is 20.2 Å². The van der Waals surface area contributed by atoms with E-state index in [1.807, 2.05) is 4.68 Å². The van der Waals surface area contributed by atoms with Crippen LogP contribution in [0.2, 0.25) is 0 Å². The van der Waals surface area contributed by atoms with E-state index in [1.54, 1.807) is 13.3 Å². The van der Waals surface area contributed by atoms with Gasteiger partial charge in [0.05, 0.1) is 48.3 Å². The number of aromatic nitrogens is 2. The van der Waals surface area contributed by atoms with Crippen LogP contribution in [0.3, 0.4) is 0 Å². The topological polar surface area (TPSA) is 65.5 Å². The molecule has 21 heavy (non-hydrogen) atoms. The van der Waals surface area contributed by atoms with Crippen molar-refractivity contribution < 1.29 is 9.47 Å². The zero-order chi connectivity index (χ0) is 15.2. The van der Waals surface area contributed by atoms with Crippen LogP contribution in [0.4, 0.5) is 0 Å². The lowest BCUT2D eigenvalue weighted by Gasteiger charge is -2.35. The van der Waals surface area contributed by atoms with E-state index in [9.17, 15) is 0 Å². The van der Waals surface area contributed by atoms with Crippen molar-refractivity contribution >= 4 is 15.9 Å². The van der Waals surface area contributed by atoms with E-state index in [1.165, 1.54) is 0 Å². The van der Waals surface area contributed by atoms with Crippen LogP contribution in [-0.2, 0) is 16.0 Å². The fraction of sp³-hybridized carbons (Fsp3) is 0.786. The number of morpholine rings is 1. The molecule has 0 spiro atoms. The van der Waals surface area contributed by atoms with Crippen LogP contribution in [0, 0.1) is 0 Å². The highest BCUT2D eigenvalue weighted by molar-refractivity contribution is 9.10. The minimum absolute atomic E-state index is 0.000375. The van der Waals surface area contributed by atoms with Crippen molar-refractivity contribution in [2.24, 2.45) is 5.73 Å². The fourth-order valence-electron chi connectivity index (χ4n) is 2.70. The molecule has 6 nitrogen and oxygen atoms in total. The minimum Gasteiger partial charge on any atom is -0.383 e. The number of hydrogen-bond acceptors (Lipinski definition) is 5. The highest BCUT2D eigenvalue weighted by Gasteiger charge is 2.30. The summed E-state index contributed by atoms with van der Waals surface area (Å²) in [5.41, 5.74) is 7.44. The Morgan fingerprint density at radius 3 is 3.10 bits per heavy atom. The largest absolute Gasteiger partial charge is 0.383 e. The van der Waals surface area contributed by atoms with Crippen LogP contribution in [0.1, 0.15) is 25.1 Å². The lowest BCUT2D eigenvalue weighted by atomic mass is 10.1. The van der Waals surface area contributed by atoms with Crippen LogP contribution >= 0.6 is 15.9 Å². The third kappa shape index (κ3) is 4.26. The lowest BCUT2D eigenvalue weighted by molar-refractivity contribution is -0.0422. The van der Waals surface area contributed by atoms with E-state index in [4.69, 9.17) is 15.2 Å². The predicted molar refractivity (Wildman–Crippen MR) is 85.2 cm³/mol. The summed E-state index contributed by atoms with van der Waals surface area (Å²) in [7, 11) is 1.69. The molecule has 1 saturated heterocycles. The Balaban J connectivity index is 2.08. The van der Waals surface area contributed by atoms with Gasteiger partial charge in [-0.2, -0.15) is 5.10 Å². The van der Waals surface area contributed by atoms with Crippen molar-refractivity contribution in [1.82, 2.24) is 14.7 Å². The van der Waals surface area contributed by atoms with E-state index in [-0.39, 0.29) is 12.1 Å². The molecule has 1 aliphatic rings. The Kier molecular flexibility index (Phi) is 6.63. The maximum atomic E-state index is 6.46. The molecule has 1 aliphatic heterocycles. The number of halogens is 1. The second-order valence-corrected chi connectivity index (χ2v) is 6.18. The van der Waals surface area contributed by atoms with Crippen molar-refractivity contribution in [2.75, 3.05) is 40.0 Å². The highest BCUT2D eigenvalue weighted by atomic mass is 79.9. The van der Waals surface area contributed by atoms with Gasteiger partial charge in [0.1, 0.15) is 0 Å². The van der Waals surface area contributed by atoms with E-state index >= 15 is 0 Å². The Bertz CT molecular complexity index is 439. The highest BCUT2D eigenvalue weighted by Crippen LogP contribution is 2.27. The van der Waals surface area contributed by atoms with Crippen molar-refractivity contribution in [3.8, 4) is 0 Å². The third-order valence-corrected chi connectivity index (χ3v) is 4.39. The average Bonchev–Trinajstić information content (AvgIpc) is 2.86. The first-order valence-corrected chi connectivity index (χ1v) is 8.26. The Labute approximate surface area is 134 Å². The molecule has 120 valence electrons. The fourth-order valence-corrected chi connectivity index (χ4v) is 3.26. The molecule has 0 radical (unpaired) electrons. The van der Waals surface area contributed by atoms with E-state index in [2.05, 4.69) is 32.9 Å². The molecule has 0 aliphatic carbocycles. The summed E-state index contributed by atoms with van der Waals surface area (Å²) in [4.78, 5) is 2.41. The SMILES string of the molecule is CCCN1CCOC(C(N)c2c(Br)cnn2CCOC)C1. The van der Waals surface area contributed by atoms with Crippen molar-refractivity contribution in [3.05, 3.63) is 16.4 Å². The summed E-state index contributed by atoms with van der Waals surface area (Å²) >= 11 is 3.55. The molecule has 0 bridgehead atoms. The first-order valence-electron chi connectivity index (χ1n) is 7.47. The average molecular weight is 361 g/mol. The molecule has 1 aromatic rings. The van der Waals surface area contributed by atoms with E-state index < -0.39 is 0 Å². The van der Waals surface area contributed by atoms with E-state index in [0.717, 1.165) is 42.8 Å².